The van der Waals surface area contributed by atoms with Gasteiger partial charge in [-0.05, 0) is 44.2 Å². The molecular formula is C15H20ClNO3. The van der Waals surface area contributed by atoms with E-state index in [1.807, 2.05) is 0 Å². The summed E-state index contributed by atoms with van der Waals surface area (Å²) in [6, 6.07) is 5.13. The maximum Gasteiger partial charge on any atom is 0.137 e. The number of carbonyl (C=O) groups is 1. The number of aliphatic carboxylic acids is 1. The zero-order valence-corrected chi connectivity index (χ0v) is 12.6. The molecule has 0 saturated heterocycles. The second-order valence-electron chi connectivity index (χ2n) is 4.39. The quantitative estimate of drug-likeness (QED) is 0.707. The Morgan fingerprint density at radius 1 is 1.40 bits per heavy atom. The van der Waals surface area contributed by atoms with Crippen molar-refractivity contribution in [1.29, 1.82) is 0 Å². The van der Waals surface area contributed by atoms with E-state index >= 15 is 0 Å². The molecule has 0 aliphatic rings. The van der Waals surface area contributed by atoms with Crippen molar-refractivity contribution in [3.8, 4) is 5.75 Å². The van der Waals surface area contributed by atoms with E-state index in [-0.39, 0.29) is 0 Å². The van der Waals surface area contributed by atoms with Crippen LogP contribution >= 0.6 is 11.6 Å². The number of likely N-dealkylation sites (N-methyl/N-ethyl adjacent to an activating group) is 1. The smallest absolute Gasteiger partial charge is 0.137 e. The van der Waals surface area contributed by atoms with Gasteiger partial charge in [-0.15, -0.1) is 0 Å². The van der Waals surface area contributed by atoms with Crippen LogP contribution in [0.2, 0.25) is 5.02 Å². The minimum absolute atomic E-state index is 0.532. The lowest BCUT2D eigenvalue weighted by Gasteiger charge is -2.16. The lowest BCUT2D eigenvalue weighted by Crippen LogP contribution is -3.12. The van der Waals surface area contributed by atoms with E-state index < -0.39 is 5.97 Å². The van der Waals surface area contributed by atoms with Crippen LogP contribution in [0.3, 0.4) is 0 Å². The van der Waals surface area contributed by atoms with Crippen molar-refractivity contribution in [3.05, 3.63) is 34.9 Å². The predicted octanol–water partition coefficient (Wildman–Crippen LogP) is 0.407. The molecule has 1 aromatic carbocycles. The van der Waals surface area contributed by atoms with Gasteiger partial charge in [-0.3, -0.25) is 0 Å². The topological polar surface area (TPSA) is 53.8 Å². The Hall–Kier alpha value is -1.52. The molecule has 0 amide bonds. The van der Waals surface area contributed by atoms with E-state index in [0.29, 0.717) is 22.9 Å². The molecule has 0 aromatic heterocycles. The van der Waals surface area contributed by atoms with Gasteiger partial charge in [0.15, 0.2) is 0 Å². The van der Waals surface area contributed by atoms with Crippen LogP contribution in [0.15, 0.2) is 24.3 Å². The van der Waals surface area contributed by atoms with Crippen molar-refractivity contribution < 1.29 is 19.5 Å². The Kier molecular flexibility index (Phi) is 7.12. The van der Waals surface area contributed by atoms with Crippen LogP contribution in [0.5, 0.6) is 5.75 Å². The number of ether oxygens (including phenoxy) is 1. The molecule has 1 N–H and O–H groups in total. The first kappa shape index (κ1) is 16.5. The van der Waals surface area contributed by atoms with Crippen molar-refractivity contribution >= 4 is 23.6 Å². The normalized spacial score (nSPS) is 11.2. The van der Waals surface area contributed by atoms with E-state index in [1.54, 1.807) is 18.2 Å². The fourth-order valence-electron chi connectivity index (χ4n) is 1.85. The number of carbonyl (C=O) groups excluding carboxylic acids is 1. The van der Waals surface area contributed by atoms with Crippen molar-refractivity contribution in [3.63, 3.8) is 0 Å². The summed E-state index contributed by atoms with van der Waals surface area (Å²) in [4.78, 5) is 11.9. The van der Waals surface area contributed by atoms with Crippen LogP contribution in [-0.4, -0.2) is 32.2 Å². The highest BCUT2D eigenvalue weighted by molar-refractivity contribution is 6.30. The lowest BCUT2D eigenvalue weighted by molar-refractivity contribution is -0.896. The zero-order valence-electron chi connectivity index (χ0n) is 11.8. The molecule has 110 valence electrons. The summed E-state index contributed by atoms with van der Waals surface area (Å²) in [5.74, 6) is -0.623. The Balaban J connectivity index is 2.71. The molecule has 0 unspecified atom stereocenters. The highest BCUT2D eigenvalue weighted by Crippen LogP contribution is 2.24. The van der Waals surface area contributed by atoms with Crippen LogP contribution < -0.4 is 14.7 Å². The van der Waals surface area contributed by atoms with Gasteiger partial charge >= 0.3 is 0 Å². The Morgan fingerprint density at radius 3 is 2.70 bits per heavy atom. The molecule has 0 aliphatic carbocycles. The molecule has 0 heterocycles. The summed E-state index contributed by atoms with van der Waals surface area (Å²) in [5.41, 5.74) is 0.635. The molecule has 0 atom stereocenters. The molecule has 0 fully saturated rings. The van der Waals surface area contributed by atoms with Gasteiger partial charge in [-0.1, -0.05) is 11.6 Å². The number of hydrogen-bond donors (Lipinski definition) is 1. The molecule has 0 bridgehead atoms. The highest BCUT2D eigenvalue weighted by atomic mass is 35.5. The first-order chi connectivity index (χ1) is 9.56. The summed E-state index contributed by atoms with van der Waals surface area (Å²) in [6.07, 6.45) is 2.40. The molecule has 1 aromatic rings. The van der Waals surface area contributed by atoms with Crippen molar-refractivity contribution in [1.82, 2.24) is 0 Å². The number of rotatable bonds is 8. The summed E-state index contributed by atoms with van der Waals surface area (Å²) in [6.45, 7) is 7.85. The molecule has 0 saturated carbocycles. The number of carboxylic acids is 1. The van der Waals surface area contributed by atoms with Crippen molar-refractivity contribution in [2.24, 2.45) is 0 Å². The Labute approximate surface area is 124 Å². The molecule has 4 nitrogen and oxygen atoms in total. The number of carboxylic acid groups (broad SMARTS) is 1. The molecule has 0 radical (unpaired) electrons. The van der Waals surface area contributed by atoms with E-state index in [2.05, 4.69) is 13.8 Å². The predicted molar refractivity (Wildman–Crippen MR) is 77.9 cm³/mol. The van der Waals surface area contributed by atoms with Crippen LogP contribution in [0.25, 0.3) is 6.08 Å². The molecule has 1 rings (SSSR count). The lowest BCUT2D eigenvalue weighted by atomic mass is 10.2. The molecule has 0 spiro atoms. The van der Waals surface area contributed by atoms with E-state index in [0.717, 1.165) is 25.7 Å². The number of benzene rings is 1. The van der Waals surface area contributed by atoms with Crippen LogP contribution in [0.4, 0.5) is 0 Å². The second-order valence-corrected chi connectivity index (χ2v) is 4.83. The van der Waals surface area contributed by atoms with E-state index in [1.165, 1.54) is 11.0 Å². The number of nitrogens with one attached hydrogen (secondary N) is 1. The monoisotopic (exact) mass is 297 g/mol. The largest absolute Gasteiger partial charge is 0.545 e. The first-order valence-electron chi connectivity index (χ1n) is 6.71. The fourth-order valence-corrected chi connectivity index (χ4v) is 2.03. The number of hydrogen-bond acceptors (Lipinski definition) is 3. The average molecular weight is 298 g/mol. The van der Waals surface area contributed by atoms with Gasteiger partial charge in [0.05, 0.1) is 19.1 Å². The summed E-state index contributed by atoms with van der Waals surface area (Å²) in [5, 5.41) is 11.0. The third kappa shape index (κ3) is 5.63. The molecule has 5 heteroatoms. The average Bonchev–Trinajstić information content (AvgIpc) is 2.43. The van der Waals surface area contributed by atoms with Gasteiger partial charge in [-0.25, -0.2) is 0 Å². The second kappa shape index (κ2) is 8.61. The first-order valence-corrected chi connectivity index (χ1v) is 7.09. The SMILES string of the molecule is CC[NH+](CC)CCOc1ccc(Cl)cc1/C=C/C(=O)[O-]. The van der Waals surface area contributed by atoms with Gasteiger partial charge in [-0.2, -0.15) is 0 Å². The Morgan fingerprint density at radius 2 is 2.10 bits per heavy atom. The Bertz CT molecular complexity index is 470. The molecule has 20 heavy (non-hydrogen) atoms. The summed E-state index contributed by atoms with van der Waals surface area (Å²) < 4.78 is 5.71. The van der Waals surface area contributed by atoms with Gasteiger partial charge in [0.2, 0.25) is 0 Å². The van der Waals surface area contributed by atoms with Gasteiger partial charge in [0, 0.05) is 10.6 Å². The summed E-state index contributed by atoms with van der Waals surface area (Å²) in [7, 11) is 0. The number of quaternary nitrogens is 1. The minimum Gasteiger partial charge on any atom is -0.545 e. The zero-order chi connectivity index (χ0) is 15.0. The third-order valence-electron chi connectivity index (χ3n) is 3.08. The number of halogens is 1. The maximum atomic E-state index is 10.5. The van der Waals surface area contributed by atoms with Crippen LogP contribution in [0, 0.1) is 0 Å². The van der Waals surface area contributed by atoms with Crippen LogP contribution in [-0.2, 0) is 4.79 Å². The van der Waals surface area contributed by atoms with E-state index in [9.17, 15) is 9.90 Å². The van der Waals surface area contributed by atoms with Crippen molar-refractivity contribution in [2.45, 2.75) is 13.8 Å². The molecule has 0 aliphatic heterocycles. The minimum atomic E-state index is -1.25. The van der Waals surface area contributed by atoms with Gasteiger partial charge < -0.3 is 19.5 Å². The maximum absolute atomic E-state index is 10.5. The molecular weight excluding hydrogens is 278 g/mol. The van der Waals surface area contributed by atoms with Gasteiger partial charge in [0.1, 0.15) is 18.9 Å². The van der Waals surface area contributed by atoms with Gasteiger partial charge in [0.25, 0.3) is 0 Å². The standard InChI is InChI=1S/C15H20ClNO3/c1-3-17(4-2)9-10-20-14-7-6-13(16)11-12(14)5-8-15(18)19/h5-8,11H,3-4,9-10H2,1-2H3,(H,18,19)/b8-5+. The van der Waals surface area contributed by atoms with Crippen LogP contribution in [0.1, 0.15) is 19.4 Å². The summed E-state index contributed by atoms with van der Waals surface area (Å²) >= 11 is 5.90. The highest BCUT2D eigenvalue weighted by Gasteiger charge is 2.05. The van der Waals surface area contributed by atoms with E-state index in [4.69, 9.17) is 16.3 Å². The fraction of sp³-hybridized carbons (Fsp3) is 0.400. The van der Waals surface area contributed by atoms with Crippen molar-refractivity contribution in [2.75, 3.05) is 26.2 Å². The third-order valence-corrected chi connectivity index (χ3v) is 3.32.